The summed E-state index contributed by atoms with van der Waals surface area (Å²) in [7, 11) is 3.67. The van der Waals surface area contributed by atoms with E-state index < -0.39 is 0 Å². The highest BCUT2D eigenvalue weighted by molar-refractivity contribution is 6.02. The molecule has 4 aromatic rings. The van der Waals surface area contributed by atoms with Crippen molar-refractivity contribution in [3.05, 3.63) is 107 Å². The maximum Gasteiger partial charge on any atom is 0.163 e. The number of methoxy groups -OCH3 is 1. The van der Waals surface area contributed by atoms with E-state index in [1.165, 1.54) is 12.1 Å². The minimum absolute atomic E-state index is 0.106. The molecule has 5 nitrogen and oxygen atoms in total. The van der Waals surface area contributed by atoms with Crippen molar-refractivity contribution in [3.63, 3.8) is 0 Å². The number of halogens is 1. The van der Waals surface area contributed by atoms with Crippen molar-refractivity contribution in [2.24, 2.45) is 4.99 Å². The Kier molecular flexibility index (Phi) is 4.98. The molecule has 0 saturated heterocycles. The fourth-order valence-electron chi connectivity index (χ4n) is 4.24. The molecule has 1 atom stereocenters. The van der Waals surface area contributed by atoms with Crippen molar-refractivity contribution in [1.29, 1.82) is 0 Å². The van der Waals surface area contributed by atoms with Crippen LogP contribution in [-0.4, -0.2) is 34.7 Å². The largest absolute Gasteiger partial charge is 0.497 e. The number of amidine groups is 1. The van der Waals surface area contributed by atoms with Gasteiger partial charge in [-0.05, 0) is 61.0 Å². The van der Waals surface area contributed by atoms with Gasteiger partial charge in [0.05, 0.1) is 24.5 Å². The molecule has 0 saturated carbocycles. The lowest BCUT2D eigenvalue weighted by Gasteiger charge is -2.35. The fraction of sp³-hybridized carbons (Fsp3) is 0.154. The lowest BCUT2D eigenvalue weighted by molar-refractivity contribution is 0.409. The molecule has 5 rings (SSSR count). The molecule has 0 radical (unpaired) electrons. The molecule has 0 aliphatic carbocycles. The second kappa shape index (κ2) is 7.96. The maximum absolute atomic E-state index is 13.6. The lowest BCUT2D eigenvalue weighted by Crippen LogP contribution is -2.35. The van der Waals surface area contributed by atoms with Gasteiger partial charge in [0.2, 0.25) is 0 Å². The van der Waals surface area contributed by atoms with Gasteiger partial charge in [-0.25, -0.2) is 14.1 Å². The van der Waals surface area contributed by atoms with E-state index in [4.69, 9.17) is 14.8 Å². The van der Waals surface area contributed by atoms with Gasteiger partial charge in [0.25, 0.3) is 0 Å². The molecule has 1 aliphatic heterocycles. The highest BCUT2D eigenvalue weighted by Gasteiger charge is 2.34. The molecule has 1 aromatic heterocycles. The van der Waals surface area contributed by atoms with Crippen LogP contribution in [0.15, 0.2) is 83.9 Å². The molecular weight excluding hydrogens is 403 g/mol. The number of aromatic nitrogens is 2. The van der Waals surface area contributed by atoms with Crippen LogP contribution in [0.5, 0.6) is 5.75 Å². The van der Waals surface area contributed by atoms with Crippen LogP contribution in [0.1, 0.15) is 28.4 Å². The first kappa shape index (κ1) is 20.0. The molecule has 0 bridgehead atoms. The zero-order valence-corrected chi connectivity index (χ0v) is 18.2. The van der Waals surface area contributed by atoms with E-state index in [2.05, 4.69) is 17.0 Å². The van der Waals surface area contributed by atoms with Crippen molar-refractivity contribution in [3.8, 4) is 11.4 Å². The summed E-state index contributed by atoms with van der Waals surface area (Å²) in [6.45, 7) is 2.01. The molecule has 2 heterocycles. The van der Waals surface area contributed by atoms with E-state index >= 15 is 0 Å². The van der Waals surface area contributed by atoms with Gasteiger partial charge < -0.3 is 9.64 Å². The number of nitrogens with zero attached hydrogens (tertiary/aromatic N) is 4. The number of para-hydroxylation sites is 1. The highest BCUT2D eigenvalue weighted by atomic mass is 19.1. The Morgan fingerprint density at radius 2 is 1.59 bits per heavy atom. The molecule has 0 N–H and O–H groups in total. The van der Waals surface area contributed by atoms with Crippen LogP contribution >= 0.6 is 0 Å². The highest BCUT2D eigenvalue weighted by Crippen LogP contribution is 2.42. The average molecular weight is 426 g/mol. The Morgan fingerprint density at radius 3 is 2.25 bits per heavy atom. The molecular formula is C26H23FN4O. The van der Waals surface area contributed by atoms with Gasteiger partial charge in [0, 0.05) is 18.2 Å². The molecule has 0 spiro atoms. The SMILES string of the molecule is COc1ccc([C@@H]2c3c(C)nn(-c4ccccc4)c3N=C(c3ccc(F)cc3)N2C)cc1. The van der Waals surface area contributed by atoms with E-state index in [-0.39, 0.29) is 11.9 Å². The number of benzene rings is 3. The average Bonchev–Trinajstić information content (AvgIpc) is 3.16. The Labute approximate surface area is 186 Å². The summed E-state index contributed by atoms with van der Waals surface area (Å²) in [5, 5.41) is 4.85. The quantitative estimate of drug-likeness (QED) is 0.436. The van der Waals surface area contributed by atoms with Gasteiger partial charge in [0.1, 0.15) is 17.4 Å². The van der Waals surface area contributed by atoms with Gasteiger partial charge in [-0.2, -0.15) is 5.10 Å². The number of hydrogen-bond acceptors (Lipinski definition) is 4. The van der Waals surface area contributed by atoms with Crippen molar-refractivity contribution in [1.82, 2.24) is 14.7 Å². The molecule has 160 valence electrons. The third kappa shape index (κ3) is 3.34. The summed E-state index contributed by atoms with van der Waals surface area (Å²) in [4.78, 5) is 7.16. The third-order valence-electron chi connectivity index (χ3n) is 5.82. The van der Waals surface area contributed by atoms with E-state index in [9.17, 15) is 4.39 Å². The van der Waals surface area contributed by atoms with Gasteiger partial charge in [0.15, 0.2) is 5.82 Å². The van der Waals surface area contributed by atoms with Gasteiger partial charge in [-0.3, -0.25) is 0 Å². The minimum atomic E-state index is -0.273. The minimum Gasteiger partial charge on any atom is -0.497 e. The standard InChI is InChI=1S/C26H23FN4O/c1-17-23-24(18-11-15-22(32-3)16-12-18)30(2)25(19-9-13-20(27)14-10-19)28-26(23)31(29-17)21-7-5-4-6-8-21/h4-16,24H,1-3H3/t24-/m1/s1. The topological polar surface area (TPSA) is 42.6 Å². The van der Waals surface area contributed by atoms with Crippen molar-refractivity contribution in [2.75, 3.05) is 14.2 Å². The number of fused-ring (bicyclic) bond motifs is 1. The molecule has 0 amide bonds. The second-order valence-electron chi connectivity index (χ2n) is 7.80. The molecule has 32 heavy (non-hydrogen) atoms. The van der Waals surface area contributed by atoms with Gasteiger partial charge in [-0.15, -0.1) is 0 Å². The van der Waals surface area contributed by atoms with Crippen LogP contribution in [0.2, 0.25) is 0 Å². The predicted molar refractivity (Wildman–Crippen MR) is 123 cm³/mol. The first-order valence-electron chi connectivity index (χ1n) is 10.4. The summed E-state index contributed by atoms with van der Waals surface area (Å²) in [5.41, 5.74) is 4.85. The number of aliphatic imine (C=N–C) groups is 1. The fourth-order valence-corrected chi connectivity index (χ4v) is 4.24. The van der Waals surface area contributed by atoms with Gasteiger partial charge in [-0.1, -0.05) is 30.3 Å². The van der Waals surface area contributed by atoms with Crippen LogP contribution < -0.4 is 4.74 Å². The zero-order chi connectivity index (χ0) is 22.2. The van der Waals surface area contributed by atoms with Crippen LogP contribution in [0.25, 0.3) is 5.69 Å². The first-order chi connectivity index (χ1) is 15.6. The zero-order valence-electron chi connectivity index (χ0n) is 18.2. The van der Waals surface area contributed by atoms with Crippen molar-refractivity contribution in [2.45, 2.75) is 13.0 Å². The van der Waals surface area contributed by atoms with E-state index in [0.29, 0.717) is 0 Å². The number of ether oxygens (including phenoxy) is 1. The Balaban J connectivity index is 1.74. The Hall–Kier alpha value is -3.93. The molecule has 0 fully saturated rings. The normalized spacial score (nSPS) is 15.3. The molecule has 0 unspecified atom stereocenters. The summed E-state index contributed by atoms with van der Waals surface area (Å²) in [6.07, 6.45) is 0. The Bertz CT molecular complexity index is 1280. The number of hydrogen-bond donors (Lipinski definition) is 0. The van der Waals surface area contributed by atoms with E-state index in [0.717, 1.165) is 45.5 Å². The summed E-state index contributed by atoms with van der Waals surface area (Å²) in [6, 6.07) is 24.4. The first-order valence-corrected chi connectivity index (χ1v) is 10.4. The number of rotatable bonds is 4. The lowest BCUT2D eigenvalue weighted by atomic mass is 9.94. The van der Waals surface area contributed by atoms with Crippen molar-refractivity contribution < 1.29 is 9.13 Å². The van der Waals surface area contributed by atoms with E-state index in [1.807, 2.05) is 61.1 Å². The van der Waals surface area contributed by atoms with Crippen LogP contribution in [0.3, 0.4) is 0 Å². The Morgan fingerprint density at radius 1 is 0.906 bits per heavy atom. The van der Waals surface area contributed by atoms with Gasteiger partial charge >= 0.3 is 0 Å². The summed E-state index contributed by atoms with van der Waals surface area (Å²) >= 11 is 0. The molecule has 1 aliphatic rings. The summed E-state index contributed by atoms with van der Waals surface area (Å²) < 4.78 is 20.8. The van der Waals surface area contributed by atoms with Crippen LogP contribution in [0, 0.1) is 12.7 Å². The second-order valence-corrected chi connectivity index (χ2v) is 7.80. The predicted octanol–water partition coefficient (Wildman–Crippen LogP) is 5.44. The number of aryl methyl sites for hydroxylation is 1. The maximum atomic E-state index is 13.6. The van der Waals surface area contributed by atoms with Crippen LogP contribution in [0.4, 0.5) is 10.2 Å². The molecule has 3 aromatic carbocycles. The molecule has 6 heteroatoms. The van der Waals surface area contributed by atoms with Crippen molar-refractivity contribution >= 4 is 11.7 Å². The monoisotopic (exact) mass is 426 g/mol. The van der Waals surface area contributed by atoms with Crippen LogP contribution in [-0.2, 0) is 0 Å². The summed E-state index contributed by atoms with van der Waals surface area (Å²) in [5.74, 6) is 2.07. The smallest absolute Gasteiger partial charge is 0.163 e. The van der Waals surface area contributed by atoms with E-state index in [1.54, 1.807) is 19.2 Å². The third-order valence-corrected chi connectivity index (χ3v) is 5.82.